The van der Waals surface area contributed by atoms with E-state index in [1.165, 1.54) is 23.5 Å². The number of thiazole rings is 1. The summed E-state index contributed by atoms with van der Waals surface area (Å²) < 4.78 is 53.7. The van der Waals surface area contributed by atoms with E-state index in [-0.39, 0.29) is 15.4 Å². The molecule has 27 heavy (non-hydrogen) atoms. The van der Waals surface area contributed by atoms with E-state index in [1.807, 2.05) is 12.3 Å². The summed E-state index contributed by atoms with van der Waals surface area (Å²) in [6.07, 6.45) is 4.30. The van der Waals surface area contributed by atoms with Crippen LogP contribution in [0, 0.1) is 20.8 Å². The highest BCUT2D eigenvalue weighted by atomic mass is 32.2. The summed E-state index contributed by atoms with van der Waals surface area (Å²) in [5.74, 6) is 0. The minimum atomic E-state index is -3.92. The normalized spacial score (nSPS) is 17.3. The van der Waals surface area contributed by atoms with Gasteiger partial charge in [0.05, 0.1) is 15.3 Å². The zero-order valence-electron chi connectivity index (χ0n) is 15.9. The van der Waals surface area contributed by atoms with Crippen molar-refractivity contribution in [2.45, 2.75) is 61.8 Å². The second kappa shape index (κ2) is 6.95. The summed E-state index contributed by atoms with van der Waals surface area (Å²) in [5.41, 5.74) is 0.983. The summed E-state index contributed by atoms with van der Waals surface area (Å²) in [5, 5.41) is 2.69. The molecule has 3 rings (SSSR count). The topological polar surface area (TPSA) is 93.2 Å². The van der Waals surface area contributed by atoms with Gasteiger partial charge in [-0.1, -0.05) is 12.8 Å². The van der Waals surface area contributed by atoms with Crippen LogP contribution in [0.2, 0.25) is 0 Å². The van der Waals surface area contributed by atoms with Gasteiger partial charge >= 0.3 is 0 Å². The molecule has 0 atom stereocenters. The molecular weight excluding hydrogens is 404 g/mol. The lowest BCUT2D eigenvalue weighted by molar-refractivity contribution is 0.401. The minimum absolute atomic E-state index is 0.0162. The molecule has 0 aliphatic heterocycles. The van der Waals surface area contributed by atoms with Gasteiger partial charge in [-0.2, -0.15) is 4.72 Å². The number of aromatic nitrogens is 1. The number of sulfone groups is 1. The van der Waals surface area contributed by atoms with Gasteiger partial charge in [-0.25, -0.2) is 21.8 Å². The molecule has 6 nitrogen and oxygen atoms in total. The first-order valence-electron chi connectivity index (χ1n) is 8.72. The first-order valence-corrected chi connectivity index (χ1v) is 13.0. The minimum Gasteiger partial charge on any atom is -0.245 e. The summed E-state index contributed by atoms with van der Waals surface area (Å²) in [7, 11) is -7.46. The fraction of sp³-hybridized carbons (Fsp3) is 0.500. The third-order valence-corrected chi connectivity index (χ3v) is 9.01. The second-order valence-corrected chi connectivity index (χ2v) is 11.8. The molecule has 1 fully saturated rings. The van der Waals surface area contributed by atoms with E-state index >= 15 is 0 Å². The highest BCUT2D eigenvalue weighted by Crippen LogP contribution is 2.41. The SMILES string of the molecule is Cc1cc(S(C)(=O)=O)c(C)c(S(=O)(=O)NC2(c3nc(C)cs3)CCCC2)c1. The maximum atomic E-state index is 13.3. The van der Waals surface area contributed by atoms with E-state index in [0.717, 1.165) is 29.8 Å². The van der Waals surface area contributed by atoms with E-state index in [2.05, 4.69) is 9.71 Å². The van der Waals surface area contributed by atoms with Crippen LogP contribution in [-0.4, -0.2) is 28.1 Å². The average molecular weight is 429 g/mol. The third kappa shape index (κ3) is 3.96. The molecule has 1 heterocycles. The van der Waals surface area contributed by atoms with Crippen molar-refractivity contribution in [2.24, 2.45) is 0 Å². The van der Waals surface area contributed by atoms with Crippen LogP contribution >= 0.6 is 11.3 Å². The maximum Gasteiger partial charge on any atom is 0.241 e. The first kappa shape index (κ1) is 20.4. The Hall–Kier alpha value is -1.29. The van der Waals surface area contributed by atoms with Gasteiger partial charge in [0.1, 0.15) is 5.01 Å². The molecular formula is C18H24N2O4S3. The smallest absolute Gasteiger partial charge is 0.241 e. The van der Waals surface area contributed by atoms with E-state index < -0.39 is 25.4 Å². The fourth-order valence-electron chi connectivity index (χ4n) is 3.68. The molecule has 0 radical (unpaired) electrons. The van der Waals surface area contributed by atoms with Crippen molar-refractivity contribution in [2.75, 3.05) is 6.26 Å². The van der Waals surface area contributed by atoms with Crippen LogP contribution in [0.1, 0.15) is 47.5 Å². The van der Waals surface area contributed by atoms with Crippen LogP contribution in [0.4, 0.5) is 0 Å². The first-order chi connectivity index (χ1) is 12.4. The van der Waals surface area contributed by atoms with Gasteiger partial charge < -0.3 is 0 Å². The molecule has 1 aliphatic carbocycles. The Bertz CT molecular complexity index is 1080. The van der Waals surface area contributed by atoms with Gasteiger partial charge in [-0.05, 0) is 56.9 Å². The Morgan fingerprint density at radius 1 is 1.04 bits per heavy atom. The van der Waals surface area contributed by atoms with Crippen LogP contribution < -0.4 is 4.72 Å². The molecule has 0 bridgehead atoms. The Morgan fingerprint density at radius 2 is 1.63 bits per heavy atom. The number of hydrogen-bond acceptors (Lipinski definition) is 6. The summed E-state index contributed by atoms with van der Waals surface area (Å²) in [6, 6.07) is 3.04. The predicted molar refractivity (Wildman–Crippen MR) is 106 cm³/mol. The molecule has 0 unspecified atom stereocenters. The number of benzene rings is 1. The molecule has 0 saturated heterocycles. The Kier molecular flexibility index (Phi) is 5.26. The molecule has 0 spiro atoms. The number of aryl methyl sites for hydroxylation is 2. The zero-order chi connectivity index (χ0) is 20.0. The van der Waals surface area contributed by atoms with Crippen LogP contribution in [0.15, 0.2) is 27.3 Å². The fourth-order valence-corrected chi connectivity index (χ4v) is 7.67. The summed E-state index contributed by atoms with van der Waals surface area (Å²) in [4.78, 5) is 4.60. The van der Waals surface area contributed by atoms with Crippen molar-refractivity contribution in [1.29, 1.82) is 0 Å². The Labute approximate surface area is 165 Å². The molecule has 1 aliphatic rings. The van der Waals surface area contributed by atoms with Crippen molar-refractivity contribution in [1.82, 2.24) is 9.71 Å². The lowest BCUT2D eigenvalue weighted by Gasteiger charge is -2.28. The van der Waals surface area contributed by atoms with Crippen molar-refractivity contribution in [3.05, 3.63) is 39.3 Å². The maximum absolute atomic E-state index is 13.3. The van der Waals surface area contributed by atoms with Gasteiger partial charge in [0.2, 0.25) is 10.0 Å². The lowest BCUT2D eigenvalue weighted by atomic mass is 10.0. The van der Waals surface area contributed by atoms with Gasteiger partial charge in [-0.3, -0.25) is 0 Å². The highest BCUT2D eigenvalue weighted by molar-refractivity contribution is 7.91. The Balaban J connectivity index is 2.11. The van der Waals surface area contributed by atoms with Crippen molar-refractivity contribution >= 4 is 31.2 Å². The van der Waals surface area contributed by atoms with Gasteiger partial charge in [0.15, 0.2) is 9.84 Å². The highest BCUT2D eigenvalue weighted by Gasteiger charge is 2.42. The molecule has 2 aromatic rings. The lowest BCUT2D eigenvalue weighted by Crippen LogP contribution is -2.44. The van der Waals surface area contributed by atoms with Crippen LogP contribution in [0.5, 0.6) is 0 Å². The molecule has 1 aromatic heterocycles. The number of rotatable bonds is 5. The van der Waals surface area contributed by atoms with E-state index in [4.69, 9.17) is 0 Å². The van der Waals surface area contributed by atoms with Crippen molar-refractivity contribution in [3.8, 4) is 0 Å². The third-order valence-electron chi connectivity index (χ3n) is 4.96. The number of sulfonamides is 1. The molecule has 148 valence electrons. The molecule has 1 N–H and O–H groups in total. The summed E-state index contributed by atoms with van der Waals surface area (Å²) >= 11 is 1.46. The van der Waals surface area contributed by atoms with Gasteiger partial charge in [-0.15, -0.1) is 11.3 Å². The molecule has 1 aromatic carbocycles. The molecule has 9 heteroatoms. The number of nitrogens with zero attached hydrogens (tertiary/aromatic N) is 1. The summed E-state index contributed by atoms with van der Waals surface area (Å²) in [6.45, 7) is 5.13. The van der Waals surface area contributed by atoms with E-state index in [9.17, 15) is 16.8 Å². The largest absolute Gasteiger partial charge is 0.245 e. The molecule has 1 saturated carbocycles. The van der Waals surface area contributed by atoms with Crippen molar-refractivity contribution < 1.29 is 16.8 Å². The second-order valence-electron chi connectivity index (χ2n) is 7.35. The van der Waals surface area contributed by atoms with Gasteiger partial charge in [0, 0.05) is 17.3 Å². The van der Waals surface area contributed by atoms with Crippen LogP contribution in [0.25, 0.3) is 0 Å². The predicted octanol–water partition coefficient (Wildman–Crippen LogP) is 3.22. The van der Waals surface area contributed by atoms with E-state index in [1.54, 1.807) is 13.8 Å². The van der Waals surface area contributed by atoms with E-state index in [0.29, 0.717) is 18.4 Å². The standard InChI is InChI=1S/C18H24N2O4S3/c1-12-9-15(26(4,21)22)14(3)16(10-12)27(23,24)20-18(7-5-6-8-18)17-19-13(2)11-25-17/h9-11,20H,5-8H2,1-4H3. The van der Waals surface area contributed by atoms with Crippen molar-refractivity contribution in [3.63, 3.8) is 0 Å². The molecule has 0 amide bonds. The monoisotopic (exact) mass is 428 g/mol. The number of hydrogen-bond donors (Lipinski definition) is 1. The number of nitrogens with one attached hydrogen (secondary N) is 1. The quantitative estimate of drug-likeness (QED) is 0.789. The Morgan fingerprint density at radius 3 is 2.15 bits per heavy atom. The van der Waals surface area contributed by atoms with Gasteiger partial charge in [0.25, 0.3) is 0 Å². The average Bonchev–Trinajstić information content (AvgIpc) is 3.17. The van der Waals surface area contributed by atoms with Crippen LogP contribution in [0.3, 0.4) is 0 Å². The zero-order valence-corrected chi connectivity index (χ0v) is 18.3. The van der Waals surface area contributed by atoms with Crippen LogP contribution in [-0.2, 0) is 25.4 Å².